The van der Waals surface area contributed by atoms with Crippen LogP contribution in [0.2, 0.25) is 0 Å². The van der Waals surface area contributed by atoms with Gasteiger partial charge in [-0.1, -0.05) is 0 Å². The summed E-state index contributed by atoms with van der Waals surface area (Å²) < 4.78 is 7.84. The SMILES string of the molecule is C[C@H]1CN(C(=O)OC(C)(C)C)C[C@H](C)N1c1ccc(Nc2cc(Br)cn(C)c2=O)nc1.S=S. The minimum absolute atomic E-state index is 0.106. The van der Waals surface area contributed by atoms with E-state index in [0.717, 1.165) is 10.2 Å². The summed E-state index contributed by atoms with van der Waals surface area (Å²) in [7, 11) is 1.70. The fourth-order valence-electron chi connectivity index (χ4n) is 3.82. The van der Waals surface area contributed by atoms with Gasteiger partial charge >= 0.3 is 6.09 Å². The normalized spacial score (nSPS) is 18.3. The summed E-state index contributed by atoms with van der Waals surface area (Å²) >= 11 is 10.7. The van der Waals surface area contributed by atoms with Gasteiger partial charge in [-0.15, -0.1) is 0 Å². The van der Waals surface area contributed by atoms with Crippen LogP contribution in [0.15, 0.2) is 39.9 Å². The Morgan fingerprint density at radius 2 is 1.82 bits per heavy atom. The second-order valence-corrected chi connectivity index (χ2v) is 9.92. The van der Waals surface area contributed by atoms with Crippen molar-refractivity contribution in [2.24, 2.45) is 7.05 Å². The highest BCUT2D eigenvalue weighted by Crippen LogP contribution is 2.26. The molecule has 1 amide bonds. The van der Waals surface area contributed by atoms with Crippen molar-refractivity contribution in [2.75, 3.05) is 23.3 Å². The van der Waals surface area contributed by atoms with Gasteiger partial charge in [0.2, 0.25) is 0 Å². The molecule has 0 unspecified atom stereocenters. The lowest BCUT2D eigenvalue weighted by Crippen LogP contribution is -2.58. The van der Waals surface area contributed by atoms with Crippen LogP contribution in [0.25, 0.3) is 0 Å². The maximum absolute atomic E-state index is 12.5. The van der Waals surface area contributed by atoms with E-state index in [-0.39, 0.29) is 23.7 Å². The number of nitrogens with zero attached hydrogens (tertiary/aromatic N) is 4. The lowest BCUT2D eigenvalue weighted by atomic mass is 10.1. The van der Waals surface area contributed by atoms with E-state index in [9.17, 15) is 9.59 Å². The molecule has 0 bridgehead atoms. The van der Waals surface area contributed by atoms with Gasteiger partial charge < -0.3 is 24.4 Å². The molecule has 0 spiro atoms. The number of amides is 1. The number of pyridine rings is 2. The van der Waals surface area contributed by atoms with Gasteiger partial charge in [0.15, 0.2) is 0 Å². The first kappa shape index (κ1) is 27.1. The summed E-state index contributed by atoms with van der Waals surface area (Å²) in [5.74, 6) is 0.589. The highest BCUT2D eigenvalue weighted by Gasteiger charge is 2.34. The van der Waals surface area contributed by atoms with E-state index in [1.807, 2.05) is 32.9 Å². The van der Waals surface area contributed by atoms with Crippen LogP contribution in [0, 0.1) is 0 Å². The van der Waals surface area contributed by atoms with Gasteiger partial charge in [0, 0.05) is 65.3 Å². The molecule has 0 aliphatic carbocycles. The molecule has 180 valence electrons. The first-order valence-electron chi connectivity index (χ1n) is 10.5. The number of carbonyl (C=O) groups is 1. The van der Waals surface area contributed by atoms with Crippen molar-refractivity contribution in [3.8, 4) is 0 Å². The van der Waals surface area contributed by atoms with Crippen molar-refractivity contribution < 1.29 is 9.53 Å². The molecule has 3 rings (SSSR count). The Morgan fingerprint density at radius 3 is 2.33 bits per heavy atom. The van der Waals surface area contributed by atoms with Crippen LogP contribution in [0.3, 0.4) is 0 Å². The molecule has 1 N–H and O–H groups in total. The van der Waals surface area contributed by atoms with Crippen LogP contribution in [-0.4, -0.2) is 51.3 Å². The number of hydrogen-bond acceptors (Lipinski definition) is 8. The Bertz CT molecular complexity index is 1010. The Kier molecular flexibility index (Phi) is 9.33. The molecule has 2 atom stereocenters. The third kappa shape index (κ3) is 7.18. The smallest absolute Gasteiger partial charge is 0.410 e. The Morgan fingerprint density at radius 1 is 1.21 bits per heavy atom. The van der Waals surface area contributed by atoms with Crippen LogP contribution in [0.4, 0.5) is 22.0 Å². The lowest BCUT2D eigenvalue weighted by molar-refractivity contribution is 0.0193. The number of rotatable bonds is 3. The molecule has 11 heteroatoms. The zero-order chi connectivity index (χ0) is 24.9. The summed E-state index contributed by atoms with van der Waals surface area (Å²) in [6.45, 7) is 11.0. The van der Waals surface area contributed by atoms with Gasteiger partial charge in [-0.3, -0.25) is 4.79 Å². The predicted molar refractivity (Wildman–Crippen MR) is 141 cm³/mol. The molecule has 3 heterocycles. The topological polar surface area (TPSA) is 79.7 Å². The predicted octanol–water partition coefficient (Wildman–Crippen LogP) is 4.12. The fraction of sp³-hybridized carbons (Fsp3) is 0.500. The van der Waals surface area contributed by atoms with Crippen molar-refractivity contribution in [1.29, 1.82) is 0 Å². The van der Waals surface area contributed by atoms with Crippen LogP contribution < -0.4 is 15.8 Å². The van der Waals surface area contributed by atoms with Gasteiger partial charge in [0.1, 0.15) is 17.1 Å². The fourth-order valence-corrected chi connectivity index (χ4v) is 4.35. The maximum atomic E-state index is 12.5. The van der Waals surface area contributed by atoms with Crippen LogP contribution in [0.1, 0.15) is 34.6 Å². The quantitative estimate of drug-likeness (QED) is 0.605. The van der Waals surface area contributed by atoms with Crippen LogP contribution >= 0.6 is 15.9 Å². The van der Waals surface area contributed by atoms with Gasteiger partial charge in [0.25, 0.3) is 5.56 Å². The van der Waals surface area contributed by atoms with Gasteiger partial charge in [-0.05, 0) is 68.7 Å². The molecule has 2 aromatic heterocycles. The van der Waals surface area contributed by atoms with Crippen molar-refractivity contribution in [3.63, 3.8) is 0 Å². The second kappa shape index (κ2) is 11.3. The first-order valence-corrected chi connectivity index (χ1v) is 12.6. The zero-order valence-electron chi connectivity index (χ0n) is 19.7. The van der Waals surface area contributed by atoms with Crippen molar-refractivity contribution >= 4 is 61.6 Å². The minimum Gasteiger partial charge on any atom is -0.444 e. The number of hydrogen-bond donors (Lipinski definition) is 1. The highest BCUT2D eigenvalue weighted by molar-refractivity contribution is 9.10. The zero-order valence-corrected chi connectivity index (χ0v) is 22.9. The molecule has 1 aliphatic heterocycles. The number of aromatic nitrogens is 2. The number of ether oxygens (including phenoxy) is 1. The van der Waals surface area contributed by atoms with Gasteiger partial charge in [-0.2, -0.15) is 0 Å². The average molecular weight is 557 g/mol. The first-order chi connectivity index (χ1) is 15.4. The van der Waals surface area contributed by atoms with Crippen LogP contribution in [0.5, 0.6) is 0 Å². The molecule has 1 aliphatic rings. The van der Waals surface area contributed by atoms with Crippen molar-refractivity contribution in [2.45, 2.75) is 52.3 Å². The number of nitrogens with one attached hydrogen (secondary N) is 1. The van der Waals surface area contributed by atoms with Gasteiger partial charge in [-0.25, -0.2) is 9.78 Å². The molecule has 1 saturated heterocycles. The monoisotopic (exact) mass is 555 g/mol. The number of anilines is 3. The Labute approximate surface area is 213 Å². The summed E-state index contributed by atoms with van der Waals surface area (Å²) in [6.07, 6.45) is 3.23. The van der Waals surface area contributed by atoms with E-state index < -0.39 is 5.60 Å². The molecule has 8 nitrogen and oxygen atoms in total. The average Bonchev–Trinajstić information content (AvgIpc) is 2.72. The number of piperazine rings is 1. The molecular formula is C22H30BrN5O3S2. The molecule has 2 aromatic rings. The second-order valence-electron chi connectivity index (χ2n) is 9.01. The number of halogens is 1. The summed E-state index contributed by atoms with van der Waals surface area (Å²) in [6, 6.07) is 5.78. The molecule has 1 fully saturated rings. The molecule has 0 radical (unpaired) electrons. The third-order valence-corrected chi connectivity index (χ3v) is 5.46. The van der Waals surface area contributed by atoms with E-state index in [1.54, 1.807) is 30.4 Å². The molecule has 0 aromatic carbocycles. The van der Waals surface area contributed by atoms with E-state index in [1.165, 1.54) is 4.57 Å². The minimum atomic E-state index is -0.511. The van der Waals surface area contributed by atoms with Crippen molar-refractivity contribution in [1.82, 2.24) is 14.5 Å². The van der Waals surface area contributed by atoms with Crippen LogP contribution in [-0.2, 0) is 34.2 Å². The van der Waals surface area contributed by atoms with E-state index >= 15 is 0 Å². The largest absolute Gasteiger partial charge is 0.444 e. The third-order valence-electron chi connectivity index (χ3n) is 5.03. The summed E-state index contributed by atoms with van der Waals surface area (Å²) in [5, 5.41) is 3.09. The van der Waals surface area contributed by atoms with E-state index in [2.05, 4.69) is 67.4 Å². The summed E-state index contributed by atoms with van der Waals surface area (Å²) in [4.78, 5) is 33.3. The highest BCUT2D eigenvalue weighted by atomic mass is 79.9. The number of aryl methyl sites for hydroxylation is 1. The Hall–Kier alpha value is -2.11. The lowest BCUT2D eigenvalue weighted by Gasteiger charge is -2.45. The van der Waals surface area contributed by atoms with E-state index in [0.29, 0.717) is 24.6 Å². The van der Waals surface area contributed by atoms with E-state index in [4.69, 9.17) is 4.74 Å². The summed E-state index contributed by atoms with van der Waals surface area (Å²) in [5.41, 5.74) is 0.777. The Balaban J connectivity index is 0.00000187. The molecular weight excluding hydrogens is 526 g/mol. The van der Waals surface area contributed by atoms with Gasteiger partial charge in [0.05, 0.1) is 11.9 Å². The molecule has 33 heavy (non-hydrogen) atoms. The number of carbonyl (C=O) groups excluding carboxylic acids is 1. The van der Waals surface area contributed by atoms with Crippen molar-refractivity contribution in [3.05, 3.63) is 45.4 Å². The molecule has 0 saturated carbocycles. The standard InChI is InChI=1S/C22H30BrN5O3.S2/c1-14-11-27(21(30)31-22(3,4)5)12-15(2)28(14)17-7-8-19(24-10-17)25-18-9-16(23)13-26(6)20(18)29;1-2/h7-10,13-15H,11-12H2,1-6H3,(H,24,25);/t14-,15-;/m0./s1. The maximum Gasteiger partial charge on any atom is 0.410 e.